The van der Waals surface area contributed by atoms with E-state index in [2.05, 4.69) is 46.9 Å². The summed E-state index contributed by atoms with van der Waals surface area (Å²) < 4.78 is 7.44. The van der Waals surface area contributed by atoms with Crippen molar-refractivity contribution in [2.45, 2.75) is 53.1 Å². The third-order valence-electron chi connectivity index (χ3n) is 4.31. The largest absolute Gasteiger partial charge is 0.359 e. The fraction of sp³-hybridized carbons (Fsp3) is 0.450. The van der Waals surface area contributed by atoms with Crippen molar-refractivity contribution in [3.8, 4) is 0 Å². The summed E-state index contributed by atoms with van der Waals surface area (Å²) in [7, 11) is 0. The van der Waals surface area contributed by atoms with Crippen LogP contribution in [0.15, 0.2) is 34.9 Å². The molecule has 1 aromatic carbocycles. The number of carbonyl (C=O) groups excluding carboxylic acids is 1. The van der Waals surface area contributed by atoms with E-state index in [0.717, 1.165) is 35.5 Å². The number of fused-ring (bicyclic) bond motifs is 1. The number of aromatic nitrogens is 3. The lowest BCUT2D eigenvalue weighted by Crippen LogP contribution is -2.23. The van der Waals surface area contributed by atoms with Crippen molar-refractivity contribution in [2.75, 3.05) is 0 Å². The maximum Gasteiger partial charge on any atom is 0.220 e. The van der Waals surface area contributed by atoms with Crippen LogP contribution in [0.25, 0.3) is 11.0 Å². The van der Waals surface area contributed by atoms with Gasteiger partial charge in [0, 0.05) is 25.5 Å². The summed E-state index contributed by atoms with van der Waals surface area (Å²) in [6.07, 6.45) is 1.89. The van der Waals surface area contributed by atoms with E-state index in [9.17, 15) is 4.79 Å². The summed E-state index contributed by atoms with van der Waals surface area (Å²) in [6.45, 7) is 7.58. The molecule has 3 rings (SSSR count). The van der Waals surface area contributed by atoms with Crippen LogP contribution in [0.2, 0.25) is 0 Å². The molecule has 0 aliphatic carbocycles. The summed E-state index contributed by atoms with van der Waals surface area (Å²) >= 11 is 0. The van der Waals surface area contributed by atoms with Crippen LogP contribution in [0.3, 0.4) is 0 Å². The molecular formula is C20H26N4O2. The SMILES string of the molecule is CCn1c(CCC(=O)NCc2cc(CC(C)C)no2)nc2ccccc21. The maximum atomic E-state index is 12.2. The second-order valence-electron chi connectivity index (χ2n) is 6.92. The summed E-state index contributed by atoms with van der Waals surface area (Å²) in [5, 5.41) is 6.93. The lowest BCUT2D eigenvalue weighted by molar-refractivity contribution is -0.121. The van der Waals surface area contributed by atoms with Gasteiger partial charge in [0.05, 0.1) is 23.3 Å². The average molecular weight is 354 g/mol. The Balaban J connectivity index is 1.53. The predicted octanol–water partition coefficient (Wildman–Crippen LogP) is 3.49. The zero-order valence-electron chi connectivity index (χ0n) is 15.7. The molecule has 1 amide bonds. The lowest BCUT2D eigenvalue weighted by atomic mass is 10.1. The molecule has 138 valence electrons. The van der Waals surface area contributed by atoms with Crippen LogP contribution in [0.4, 0.5) is 0 Å². The molecule has 1 N–H and O–H groups in total. The molecule has 0 fully saturated rings. The maximum absolute atomic E-state index is 12.2. The van der Waals surface area contributed by atoms with Crippen molar-refractivity contribution in [3.63, 3.8) is 0 Å². The standard InChI is InChI=1S/C20H26N4O2/c1-4-24-18-8-6-5-7-17(18)22-19(24)9-10-20(25)21-13-16-12-15(23-26-16)11-14(2)3/h5-8,12,14H,4,9-11,13H2,1-3H3,(H,21,25). The Kier molecular flexibility index (Phi) is 5.71. The van der Waals surface area contributed by atoms with E-state index in [1.165, 1.54) is 0 Å². The van der Waals surface area contributed by atoms with Gasteiger partial charge in [-0.15, -0.1) is 0 Å². The van der Waals surface area contributed by atoms with Crippen LogP contribution in [0.5, 0.6) is 0 Å². The molecule has 0 aliphatic rings. The molecular weight excluding hydrogens is 328 g/mol. The Hall–Kier alpha value is -2.63. The molecule has 0 bridgehead atoms. The normalized spacial score (nSPS) is 11.4. The van der Waals surface area contributed by atoms with Crippen molar-refractivity contribution >= 4 is 16.9 Å². The fourth-order valence-corrected chi connectivity index (χ4v) is 3.12. The van der Waals surface area contributed by atoms with Crippen LogP contribution < -0.4 is 5.32 Å². The van der Waals surface area contributed by atoms with E-state index in [4.69, 9.17) is 4.52 Å². The Morgan fingerprint density at radius 2 is 2.12 bits per heavy atom. The number of aryl methyl sites for hydroxylation is 2. The zero-order chi connectivity index (χ0) is 18.5. The molecule has 3 aromatic rings. The molecule has 2 heterocycles. The quantitative estimate of drug-likeness (QED) is 0.672. The van der Waals surface area contributed by atoms with Gasteiger partial charge in [-0.2, -0.15) is 0 Å². The van der Waals surface area contributed by atoms with Crippen LogP contribution in [-0.4, -0.2) is 20.6 Å². The van der Waals surface area contributed by atoms with Gasteiger partial charge in [0.2, 0.25) is 5.91 Å². The van der Waals surface area contributed by atoms with Crippen molar-refractivity contribution in [2.24, 2.45) is 5.92 Å². The number of nitrogens with zero attached hydrogens (tertiary/aromatic N) is 3. The molecule has 6 heteroatoms. The molecule has 0 saturated heterocycles. The number of para-hydroxylation sites is 2. The number of imidazole rings is 1. The van der Waals surface area contributed by atoms with Gasteiger partial charge in [-0.3, -0.25) is 4.79 Å². The fourth-order valence-electron chi connectivity index (χ4n) is 3.12. The number of carbonyl (C=O) groups is 1. The van der Waals surface area contributed by atoms with Gasteiger partial charge in [-0.1, -0.05) is 31.1 Å². The number of benzene rings is 1. The molecule has 2 aromatic heterocycles. The minimum Gasteiger partial charge on any atom is -0.359 e. The Labute approximate surface area is 153 Å². The van der Waals surface area contributed by atoms with Crippen molar-refractivity contribution < 1.29 is 9.32 Å². The number of rotatable bonds is 8. The van der Waals surface area contributed by atoms with E-state index in [1.54, 1.807) is 0 Å². The number of nitrogens with one attached hydrogen (secondary N) is 1. The topological polar surface area (TPSA) is 73.0 Å². The van der Waals surface area contributed by atoms with Gasteiger partial charge < -0.3 is 14.4 Å². The molecule has 0 saturated carbocycles. The minimum atomic E-state index is -0.0125. The first-order valence-electron chi connectivity index (χ1n) is 9.22. The van der Waals surface area contributed by atoms with E-state index < -0.39 is 0 Å². The van der Waals surface area contributed by atoms with Crippen LogP contribution in [0, 0.1) is 5.92 Å². The monoisotopic (exact) mass is 354 g/mol. The summed E-state index contributed by atoms with van der Waals surface area (Å²) in [5.41, 5.74) is 3.02. The number of amides is 1. The molecule has 0 aliphatic heterocycles. The predicted molar refractivity (Wildman–Crippen MR) is 101 cm³/mol. The molecule has 26 heavy (non-hydrogen) atoms. The Morgan fingerprint density at radius 3 is 2.88 bits per heavy atom. The molecule has 0 radical (unpaired) electrons. The zero-order valence-corrected chi connectivity index (χ0v) is 15.7. The van der Waals surface area contributed by atoms with E-state index >= 15 is 0 Å². The number of hydrogen-bond donors (Lipinski definition) is 1. The Morgan fingerprint density at radius 1 is 1.31 bits per heavy atom. The van der Waals surface area contributed by atoms with Gasteiger partial charge in [0.15, 0.2) is 5.76 Å². The third kappa shape index (κ3) is 4.31. The smallest absolute Gasteiger partial charge is 0.220 e. The molecule has 0 unspecified atom stereocenters. The first-order chi connectivity index (χ1) is 12.6. The minimum absolute atomic E-state index is 0.0125. The second-order valence-corrected chi connectivity index (χ2v) is 6.92. The van der Waals surface area contributed by atoms with E-state index in [-0.39, 0.29) is 5.91 Å². The highest BCUT2D eigenvalue weighted by molar-refractivity contribution is 5.77. The molecule has 0 spiro atoms. The first kappa shape index (κ1) is 18.2. The molecule has 6 nitrogen and oxygen atoms in total. The van der Waals surface area contributed by atoms with Crippen LogP contribution >= 0.6 is 0 Å². The Bertz CT molecular complexity index is 879. The van der Waals surface area contributed by atoms with Crippen molar-refractivity contribution in [3.05, 3.63) is 47.6 Å². The number of hydrogen-bond acceptors (Lipinski definition) is 4. The second kappa shape index (κ2) is 8.17. The highest BCUT2D eigenvalue weighted by Gasteiger charge is 2.12. The van der Waals surface area contributed by atoms with Crippen LogP contribution in [-0.2, 0) is 30.7 Å². The van der Waals surface area contributed by atoms with Gasteiger partial charge in [0.25, 0.3) is 0 Å². The first-order valence-corrected chi connectivity index (χ1v) is 9.22. The summed E-state index contributed by atoms with van der Waals surface area (Å²) in [4.78, 5) is 16.8. The van der Waals surface area contributed by atoms with Crippen LogP contribution in [0.1, 0.15) is 44.5 Å². The van der Waals surface area contributed by atoms with E-state index in [0.29, 0.717) is 31.1 Å². The highest BCUT2D eigenvalue weighted by Crippen LogP contribution is 2.17. The lowest BCUT2D eigenvalue weighted by Gasteiger charge is -2.06. The van der Waals surface area contributed by atoms with Crippen molar-refractivity contribution in [1.29, 1.82) is 0 Å². The van der Waals surface area contributed by atoms with Gasteiger partial charge in [-0.25, -0.2) is 4.98 Å². The van der Waals surface area contributed by atoms with Gasteiger partial charge in [-0.05, 0) is 31.4 Å². The summed E-state index contributed by atoms with van der Waals surface area (Å²) in [6, 6.07) is 9.98. The molecule has 0 atom stereocenters. The highest BCUT2D eigenvalue weighted by atomic mass is 16.5. The average Bonchev–Trinajstić information content (AvgIpc) is 3.21. The van der Waals surface area contributed by atoms with Crippen molar-refractivity contribution in [1.82, 2.24) is 20.0 Å². The summed E-state index contributed by atoms with van der Waals surface area (Å²) in [5.74, 6) is 2.15. The van der Waals surface area contributed by atoms with E-state index in [1.807, 2.05) is 24.3 Å². The third-order valence-corrected chi connectivity index (χ3v) is 4.31. The van der Waals surface area contributed by atoms with Gasteiger partial charge >= 0.3 is 0 Å². The van der Waals surface area contributed by atoms with Gasteiger partial charge in [0.1, 0.15) is 5.82 Å².